The van der Waals surface area contributed by atoms with Crippen molar-refractivity contribution in [3.63, 3.8) is 0 Å². The Labute approximate surface area is 175 Å². The van der Waals surface area contributed by atoms with Crippen LogP contribution in [0.25, 0.3) is 0 Å². The van der Waals surface area contributed by atoms with Gasteiger partial charge in [-0.3, -0.25) is 9.59 Å². The van der Waals surface area contributed by atoms with Gasteiger partial charge in [0.1, 0.15) is 0 Å². The third-order valence-electron chi connectivity index (χ3n) is 6.71. The second-order valence-electron chi connectivity index (χ2n) is 9.14. The van der Waals surface area contributed by atoms with Gasteiger partial charge < -0.3 is 9.80 Å². The predicted molar refractivity (Wildman–Crippen MR) is 113 cm³/mol. The molecule has 0 N–H and O–H groups in total. The van der Waals surface area contributed by atoms with Crippen LogP contribution in [0.4, 0.5) is 0 Å². The van der Waals surface area contributed by atoms with Crippen molar-refractivity contribution >= 4 is 21.8 Å². The van der Waals surface area contributed by atoms with Crippen molar-refractivity contribution in [2.45, 2.75) is 58.8 Å². The summed E-state index contributed by atoms with van der Waals surface area (Å²) in [5.74, 6) is 0.837. The van der Waals surface area contributed by atoms with Gasteiger partial charge in [-0.25, -0.2) is 12.7 Å². The van der Waals surface area contributed by atoms with Crippen LogP contribution in [0, 0.1) is 17.8 Å². The summed E-state index contributed by atoms with van der Waals surface area (Å²) in [5.41, 5.74) is 0. The average Bonchev–Trinajstić information content (AvgIpc) is 2.73. The zero-order valence-corrected chi connectivity index (χ0v) is 18.8. The summed E-state index contributed by atoms with van der Waals surface area (Å²) in [4.78, 5) is 29.7. The number of carbonyl (C=O) groups is 2. The van der Waals surface area contributed by atoms with E-state index in [1.165, 1.54) is 10.7 Å². The number of nitrogens with zero attached hydrogens (tertiary/aromatic N) is 3. The third kappa shape index (κ3) is 5.51. The molecular formula is C21H37N3O4S. The van der Waals surface area contributed by atoms with Crippen molar-refractivity contribution in [3.05, 3.63) is 0 Å². The molecule has 3 aliphatic rings. The Balaban J connectivity index is 1.51. The molecule has 7 nitrogen and oxygen atoms in total. The minimum atomic E-state index is -3.26. The van der Waals surface area contributed by atoms with E-state index in [1.54, 1.807) is 0 Å². The fourth-order valence-corrected chi connectivity index (χ4v) is 6.62. The highest BCUT2D eigenvalue weighted by molar-refractivity contribution is 7.89. The molecule has 0 radical (unpaired) electrons. The maximum absolute atomic E-state index is 13.0. The van der Waals surface area contributed by atoms with Crippen LogP contribution in [0.2, 0.25) is 0 Å². The second kappa shape index (κ2) is 9.77. The van der Waals surface area contributed by atoms with Crippen molar-refractivity contribution in [2.24, 2.45) is 17.8 Å². The number of rotatable bonds is 5. The standard InChI is InChI=1S/C21H37N3O4S/c1-3-14-29(27,28)24-11-5-7-19(16-24)21(26)22-12-8-18(9-13-22)20(25)23-10-4-6-17(2)15-23/h17-19H,3-16H2,1-2H3. The highest BCUT2D eigenvalue weighted by atomic mass is 32.2. The zero-order chi connectivity index (χ0) is 21.0. The molecule has 2 amide bonds. The molecule has 0 bridgehead atoms. The van der Waals surface area contributed by atoms with Gasteiger partial charge in [-0.05, 0) is 50.9 Å². The van der Waals surface area contributed by atoms with Gasteiger partial charge in [-0.2, -0.15) is 0 Å². The molecule has 3 saturated heterocycles. The van der Waals surface area contributed by atoms with Gasteiger partial charge in [0.15, 0.2) is 0 Å². The van der Waals surface area contributed by atoms with Gasteiger partial charge in [0.2, 0.25) is 21.8 Å². The quantitative estimate of drug-likeness (QED) is 0.672. The van der Waals surface area contributed by atoms with Gasteiger partial charge >= 0.3 is 0 Å². The van der Waals surface area contributed by atoms with E-state index in [9.17, 15) is 18.0 Å². The van der Waals surface area contributed by atoms with Gasteiger partial charge in [-0.1, -0.05) is 13.8 Å². The van der Waals surface area contributed by atoms with Crippen molar-refractivity contribution in [2.75, 3.05) is 45.0 Å². The predicted octanol–water partition coefficient (Wildman–Crippen LogP) is 1.94. The molecule has 3 fully saturated rings. The molecule has 2 atom stereocenters. The van der Waals surface area contributed by atoms with E-state index in [-0.39, 0.29) is 29.4 Å². The lowest BCUT2D eigenvalue weighted by Gasteiger charge is -2.39. The molecule has 3 rings (SSSR count). The van der Waals surface area contributed by atoms with Gasteiger partial charge in [0.25, 0.3) is 0 Å². The van der Waals surface area contributed by atoms with Crippen LogP contribution in [0.3, 0.4) is 0 Å². The first kappa shape index (κ1) is 22.5. The van der Waals surface area contributed by atoms with Crippen molar-refractivity contribution in [1.29, 1.82) is 0 Å². The average molecular weight is 428 g/mol. The number of hydrogen-bond donors (Lipinski definition) is 0. The molecule has 166 valence electrons. The summed E-state index contributed by atoms with van der Waals surface area (Å²) in [5, 5.41) is 0. The van der Waals surface area contributed by atoms with E-state index in [2.05, 4.69) is 6.92 Å². The SMILES string of the molecule is CCCS(=O)(=O)N1CCCC(C(=O)N2CCC(C(=O)N3CCCC(C)C3)CC2)C1. The summed E-state index contributed by atoms with van der Waals surface area (Å²) in [6, 6.07) is 0. The number of amides is 2. The number of carbonyl (C=O) groups excluding carboxylic acids is 2. The Bertz CT molecular complexity index is 688. The lowest BCUT2D eigenvalue weighted by atomic mass is 9.91. The Hall–Kier alpha value is -1.15. The Morgan fingerprint density at radius 1 is 0.828 bits per heavy atom. The van der Waals surface area contributed by atoms with Crippen LogP contribution in [-0.4, -0.2) is 79.4 Å². The molecule has 2 unspecified atom stereocenters. The van der Waals surface area contributed by atoms with Crippen molar-refractivity contribution in [1.82, 2.24) is 14.1 Å². The van der Waals surface area contributed by atoms with Crippen LogP contribution in [0.1, 0.15) is 58.8 Å². The van der Waals surface area contributed by atoms with E-state index >= 15 is 0 Å². The molecule has 0 spiro atoms. The molecule has 0 aromatic rings. The summed E-state index contributed by atoms with van der Waals surface area (Å²) in [7, 11) is -3.26. The first-order chi connectivity index (χ1) is 13.8. The van der Waals surface area contributed by atoms with E-state index < -0.39 is 10.0 Å². The summed E-state index contributed by atoms with van der Waals surface area (Å²) < 4.78 is 26.3. The normalized spacial score (nSPS) is 27.8. The molecule has 0 aromatic carbocycles. The lowest BCUT2D eigenvalue weighted by Crippen LogP contribution is -2.50. The monoisotopic (exact) mass is 427 g/mol. The van der Waals surface area contributed by atoms with Crippen molar-refractivity contribution in [3.8, 4) is 0 Å². The molecule has 3 heterocycles. The molecule has 8 heteroatoms. The van der Waals surface area contributed by atoms with Gasteiger partial charge in [0, 0.05) is 45.2 Å². The maximum atomic E-state index is 13.0. The van der Waals surface area contributed by atoms with Crippen LogP contribution in [0.15, 0.2) is 0 Å². The molecular weight excluding hydrogens is 390 g/mol. The Morgan fingerprint density at radius 3 is 2.14 bits per heavy atom. The molecule has 0 aromatic heterocycles. The Kier molecular flexibility index (Phi) is 7.59. The molecule has 3 aliphatic heterocycles. The fourth-order valence-electron chi connectivity index (χ4n) is 5.04. The number of sulfonamides is 1. The van der Waals surface area contributed by atoms with E-state index in [1.807, 2.05) is 16.7 Å². The van der Waals surface area contributed by atoms with Crippen LogP contribution in [-0.2, 0) is 19.6 Å². The minimum Gasteiger partial charge on any atom is -0.342 e. The molecule has 0 aliphatic carbocycles. The summed E-state index contributed by atoms with van der Waals surface area (Å²) in [6.07, 6.45) is 5.81. The van der Waals surface area contributed by atoms with Gasteiger partial charge in [0.05, 0.1) is 11.7 Å². The largest absolute Gasteiger partial charge is 0.342 e. The van der Waals surface area contributed by atoms with Crippen LogP contribution in [0.5, 0.6) is 0 Å². The number of piperidine rings is 3. The highest BCUT2D eigenvalue weighted by Gasteiger charge is 2.36. The number of likely N-dealkylation sites (tertiary alicyclic amines) is 2. The zero-order valence-electron chi connectivity index (χ0n) is 18.0. The number of hydrogen-bond acceptors (Lipinski definition) is 4. The first-order valence-electron chi connectivity index (χ1n) is 11.4. The van der Waals surface area contributed by atoms with Gasteiger partial charge in [-0.15, -0.1) is 0 Å². The third-order valence-corrected chi connectivity index (χ3v) is 8.76. The first-order valence-corrected chi connectivity index (χ1v) is 13.0. The smallest absolute Gasteiger partial charge is 0.227 e. The summed E-state index contributed by atoms with van der Waals surface area (Å²) in [6.45, 7) is 7.85. The van der Waals surface area contributed by atoms with E-state index in [4.69, 9.17) is 0 Å². The fraction of sp³-hybridized carbons (Fsp3) is 0.905. The Morgan fingerprint density at radius 2 is 1.48 bits per heavy atom. The summed E-state index contributed by atoms with van der Waals surface area (Å²) >= 11 is 0. The van der Waals surface area contributed by atoms with E-state index in [0.717, 1.165) is 45.2 Å². The highest BCUT2D eigenvalue weighted by Crippen LogP contribution is 2.27. The van der Waals surface area contributed by atoms with E-state index in [0.29, 0.717) is 38.5 Å². The topological polar surface area (TPSA) is 78.0 Å². The minimum absolute atomic E-state index is 0.0251. The second-order valence-corrected chi connectivity index (χ2v) is 11.2. The molecule has 29 heavy (non-hydrogen) atoms. The maximum Gasteiger partial charge on any atom is 0.227 e. The molecule has 0 saturated carbocycles. The lowest BCUT2D eigenvalue weighted by molar-refractivity contribution is -0.144. The van der Waals surface area contributed by atoms with Crippen LogP contribution >= 0.6 is 0 Å². The van der Waals surface area contributed by atoms with Crippen molar-refractivity contribution < 1.29 is 18.0 Å². The van der Waals surface area contributed by atoms with Crippen LogP contribution < -0.4 is 0 Å².